The van der Waals surface area contributed by atoms with Gasteiger partial charge in [0, 0.05) is 12.1 Å². The molecule has 4 nitrogen and oxygen atoms in total. The molecule has 2 aliphatic heterocycles. The van der Waals surface area contributed by atoms with Gasteiger partial charge in [-0.2, -0.15) is 0 Å². The number of aryl methyl sites for hydroxylation is 1. The Kier molecular flexibility index (Phi) is 8.90. The molecule has 0 saturated carbocycles. The summed E-state index contributed by atoms with van der Waals surface area (Å²) in [6.45, 7) is 3.50. The molecule has 1 aliphatic carbocycles. The number of hydrogen-bond donors (Lipinski definition) is 0. The SMILES string of the molecule is CF.O=C1N(CCCN2CCC3(CCc4ccccc43)CC2)C(c2ccccc2)=NC1(c1ccc(F)cc1)c1ccc(F)cc1. The van der Waals surface area contributed by atoms with E-state index in [0.717, 1.165) is 31.6 Å². The van der Waals surface area contributed by atoms with Crippen molar-refractivity contribution < 1.29 is 18.0 Å². The van der Waals surface area contributed by atoms with Crippen molar-refractivity contribution in [3.8, 4) is 0 Å². The third-order valence-corrected chi connectivity index (χ3v) is 9.77. The number of benzene rings is 4. The van der Waals surface area contributed by atoms with Crippen molar-refractivity contribution in [1.82, 2.24) is 9.80 Å². The van der Waals surface area contributed by atoms with Gasteiger partial charge in [-0.05, 0) is 104 Å². The molecule has 0 aromatic heterocycles. The molecule has 0 bridgehead atoms. The number of aliphatic imine (C=N–C) groups is 1. The quantitative estimate of drug-likeness (QED) is 0.218. The molecule has 1 saturated heterocycles. The molecule has 1 amide bonds. The minimum absolute atomic E-state index is 0.204. The summed E-state index contributed by atoms with van der Waals surface area (Å²) in [5, 5.41) is 0. The highest BCUT2D eigenvalue weighted by Crippen LogP contribution is 2.46. The van der Waals surface area contributed by atoms with Crippen LogP contribution in [-0.2, 0) is 22.2 Å². The van der Waals surface area contributed by atoms with E-state index in [2.05, 4.69) is 29.2 Å². The van der Waals surface area contributed by atoms with Crippen molar-refractivity contribution >= 4 is 11.7 Å². The first-order valence-electron chi connectivity index (χ1n) is 15.7. The van der Waals surface area contributed by atoms with Crippen LogP contribution in [-0.4, -0.2) is 54.9 Å². The standard InChI is InChI=1S/C37H35F2N3O.CH3F/c38-31-15-11-29(12-16-31)37(30-13-17-32(39)18-14-30)35(43)42(34(40-37)28-8-2-1-3-9-28)24-6-23-41-25-21-36(22-26-41)20-19-27-7-4-5-10-33(27)36;1-2/h1-5,7-18H,6,19-26H2;1H3. The van der Waals surface area contributed by atoms with Crippen LogP contribution in [0.2, 0.25) is 0 Å². The highest BCUT2D eigenvalue weighted by molar-refractivity contribution is 6.16. The minimum atomic E-state index is -1.43. The third-order valence-electron chi connectivity index (χ3n) is 9.77. The van der Waals surface area contributed by atoms with E-state index in [4.69, 9.17) is 4.99 Å². The van der Waals surface area contributed by atoms with Crippen molar-refractivity contribution in [1.29, 1.82) is 0 Å². The summed E-state index contributed by atoms with van der Waals surface area (Å²) < 4.78 is 37.5. The zero-order valence-corrected chi connectivity index (χ0v) is 25.6. The molecular weight excluding hydrogens is 571 g/mol. The van der Waals surface area contributed by atoms with E-state index in [1.807, 2.05) is 30.3 Å². The Balaban J connectivity index is 0.00000175. The molecule has 0 N–H and O–H groups in total. The fourth-order valence-corrected chi connectivity index (χ4v) is 7.44. The number of nitrogens with zero attached hydrogens (tertiary/aromatic N) is 3. The summed E-state index contributed by atoms with van der Waals surface area (Å²) in [6.07, 6.45) is 5.56. The predicted molar refractivity (Wildman–Crippen MR) is 172 cm³/mol. The van der Waals surface area contributed by atoms with Crippen LogP contribution in [0.15, 0.2) is 108 Å². The molecule has 1 fully saturated rings. The Morgan fingerprint density at radius 3 is 1.91 bits per heavy atom. The maximum absolute atomic E-state index is 14.6. The number of alkyl halides is 1. The van der Waals surface area contributed by atoms with Crippen molar-refractivity contribution in [3.05, 3.63) is 143 Å². The van der Waals surface area contributed by atoms with Gasteiger partial charge in [0.05, 0.1) is 7.18 Å². The van der Waals surface area contributed by atoms with Crippen LogP contribution in [0.1, 0.15) is 53.5 Å². The number of rotatable bonds is 7. The molecule has 4 aromatic rings. The number of amides is 1. The summed E-state index contributed by atoms with van der Waals surface area (Å²) in [6, 6.07) is 30.5. The monoisotopic (exact) mass is 609 g/mol. The second-order valence-corrected chi connectivity index (χ2v) is 12.1. The molecule has 7 rings (SSSR count). The van der Waals surface area contributed by atoms with Crippen LogP contribution < -0.4 is 0 Å². The number of piperidine rings is 1. The topological polar surface area (TPSA) is 35.9 Å². The van der Waals surface area contributed by atoms with Crippen molar-refractivity contribution in [3.63, 3.8) is 0 Å². The van der Waals surface area contributed by atoms with Crippen LogP contribution in [0.3, 0.4) is 0 Å². The highest BCUT2D eigenvalue weighted by Gasteiger charge is 2.51. The van der Waals surface area contributed by atoms with Crippen molar-refractivity contribution in [2.24, 2.45) is 4.99 Å². The number of hydrogen-bond acceptors (Lipinski definition) is 3. The first kappa shape index (κ1) is 30.8. The maximum Gasteiger partial charge on any atom is 0.265 e. The Bertz CT molecular complexity index is 1600. The van der Waals surface area contributed by atoms with E-state index in [1.165, 1.54) is 55.5 Å². The van der Waals surface area contributed by atoms with Crippen LogP contribution in [0.25, 0.3) is 0 Å². The van der Waals surface area contributed by atoms with Crippen LogP contribution in [0.5, 0.6) is 0 Å². The molecule has 0 radical (unpaired) electrons. The lowest BCUT2D eigenvalue weighted by atomic mass is 9.74. The largest absolute Gasteiger partial charge is 0.303 e. The average Bonchev–Trinajstić information content (AvgIpc) is 3.59. The lowest BCUT2D eigenvalue weighted by Gasteiger charge is -2.40. The minimum Gasteiger partial charge on any atom is -0.303 e. The van der Waals surface area contributed by atoms with E-state index < -0.39 is 17.2 Å². The fourth-order valence-electron chi connectivity index (χ4n) is 7.44. The van der Waals surface area contributed by atoms with Gasteiger partial charge in [-0.25, -0.2) is 13.8 Å². The Hall–Kier alpha value is -4.23. The second kappa shape index (κ2) is 13.0. The Morgan fingerprint density at radius 1 is 0.711 bits per heavy atom. The van der Waals surface area contributed by atoms with Crippen molar-refractivity contribution in [2.75, 3.05) is 33.4 Å². The molecule has 3 aliphatic rings. The summed E-state index contributed by atoms with van der Waals surface area (Å²) >= 11 is 0. The van der Waals surface area contributed by atoms with Gasteiger partial charge in [0.15, 0.2) is 5.54 Å². The van der Waals surface area contributed by atoms with Crippen molar-refractivity contribution in [2.45, 2.75) is 43.1 Å². The summed E-state index contributed by atoms with van der Waals surface area (Å²) in [5.74, 6) is -0.405. The van der Waals surface area contributed by atoms with E-state index in [-0.39, 0.29) is 5.91 Å². The zero-order valence-electron chi connectivity index (χ0n) is 25.6. The molecular formula is C38H38F3N3O. The van der Waals surface area contributed by atoms with Gasteiger partial charge in [-0.1, -0.05) is 78.9 Å². The molecule has 4 aromatic carbocycles. The van der Waals surface area contributed by atoms with E-state index >= 15 is 0 Å². The zero-order chi connectivity index (χ0) is 31.4. The van der Waals surface area contributed by atoms with E-state index in [1.54, 1.807) is 34.7 Å². The number of carbonyl (C=O) groups is 1. The Morgan fingerprint density at radius 2 is 1.29 bits per heavy atom. The first-order chi connectivity index (χ1) is 22.0. The molecule has 0 unspecified atom stereocenters. The number of fused-ring (bicyclic) bond motifs is 2. The van der Waals surface area contributed by atoms with E-state index in [0.29, 0.717) is 36.1 Å². The Labute approximate surface area is 263 Å². The fraction of sp³-hybridized carbons (Fsp3) is 0.316. The van der Waals surface area contributed by atoms with Gasteiger partial charge in [-0.3, -0.25) is 14.1 Å². The van der Waals surface area contributed by atoms with Gasteiger partial charge in [0.1, 0.15) is 17.5 Å². The highest BCUT2D eigenvalue weighted by atomic mass is 19.1. The smallest absolute Gasteiger partial charge is 0.265 e. The maximum atomic E-state index is 14.6. The van der Waals surface area contributed by atoms with Gasteiger partial charge < -0.3 is 4.90 Å². The first-order valence-corrected chi connectivity index (χ1v) is 15.7. The molecule has 2 heterocycles. The predicted octanol–water partition coefficient (Wildman–Crippen LogP) is 7.45. The normalized spacial score (nSPS) is 18.4. The second-order valence-electron chi connectivity index (χ2n) is 12.1. The number of likely N-dealkylation sites (tertiary alicyclic amines) is 1. The molecule has 232 valence electrons. The van der Waals surface area contributed by atoms with Gasteiger partial charge in [-0.15, -0.1) is 0 Å². The molecule has 7 heteroatoms. The van der Waals surface area contributed by atoms with E-state index in [9.17, 15) is 18.0 Å². The van der Waals surface area contributed by atoms with Gasteiger partial charge in [0.25, 0.3) is 5.91 Å². The summed E-state index contributed by atoms with van der Waals surface area (Å²) in [7, 11) is 0.500. The molecule has 1 spiro atoms. The number of halogens is 3. The van der Waals surface area contributed by atoms with Crippen LogP contribution in [0.4, 0.5) is 13.2 Å². The number of carbonyl (C=O) groups excluding carboxylic acids is 1. The van der Waals surface area contributed by atoms with Crippen LogP contribution >= 0.6 is 0 Å². The van der Waals surface area contributed by atoms with Gasteiger partial charge >= 0.3 is 0 Å². The molecule has 0 atom stereocenters. The average molecular weight is 610 g/mol. The van der Waals surface area contributed by atoms with Gasteiger partial charge in [0.2, 0.25) is 0 Å². The number of amidine groups is 1. The molecule has 45 heavy (non-hydrogen) atoms. The van der Waals surface area contributed by atoms with Crippen LogP contribution in [0, 0.1) is 11.6 Å². The lowest BCUT2D eigenvalue weighted by molar-refractivity contribution is -0.130. The lowest BCUT2D eigenvalue weighted by Crippen LogP contribution is -2.44. The summed E-state index contributed by atoms with van der Waals surface area (Å²) in [5.41, 5.74) is 3.90. The third kappa shape index (κ3) is 5.70. The summed E-state index contributed by atoms with van der Waals surface area (Å²) in [4.78, 5) is 24.0.